The number of methoxy groups -OCH3 is 1. The second-order valence-corrected chi connectivity index (χ2v) is 8.57. The number of imidazole rings is 1. The summed E-state index contributed by atoms with van der Waals surface area (Å²) in [7, 11) is 1.49. The third kappa shape index (κ3) is 4.17. The number of allylic oxidation sites excluding steroid dienone is 1. The largest absolute Gasteiger partial charge is 0.496 e. The lowest BCUT2D eigenvalue weighted by atomic mass is 10.0. The van der Waals surface area contributed by atoms with Gasteiger partial charge in [-0.05, 0) is 61.7 Å². The second kappa shape index (κ2) is 9.10. The number of hydrogen-bond donors (Lipinski definition) is 2. The molecule has 7 heteroatoms. The zero-order chi connectivity index (χ0) is 24.5. The molecule has 0 aliphatic carbocycles. The lowest BCUT2D eigenvalue weighted by Crippen LogP contribution is -2.31. The van der Waals surface area contributed by atoms with Crippen molar-refractivity contribution in [2.45, 2.75) is 19.8 Å². The van der Waals surface area contributed by atoms with E-state index in [4.69, 9.17) is 4.74 Å². The van der Waals surface area contributed by atoms with Gasteiger partial charge in [-0.15, -0.1) is 0 Å². The number of aromatic nitrogens is 2. The Kier molecular flexibility index (Phi) is 5.82. The number of H-pyrrole nitrogens is 1. The van der Waals surface area contributed by atoms with Gasteiger partial charge in [0.25, 0.3) is 11.8 Å². The lowest BCUT2D eigenvalue weighted by Gasteiger charge is -2.23. The van der Waals surface area contributed by atoms with Crippen molar-refractivity contribution in [3.05, 3.63) is 89.8 Å². The highest BCUT2D eigenvalue weighted by molar-refractivity contribution is 6.12. The van der Waals surface area contributed by atoms with Crippen LogP contribution >= 0.6 is 0 Å². The van der Waals surface area contributed by atoms with E-state index in [1.807, 2.05) is 43.3 Å². The number of para-hydroxylation sites is 2. The van der Waals surface area contributed by atoms with E-state index in [-0.39, 0.29) is 11.8 Å². The maximum absolute atomic E-state index is 13.5. The number of hydrogen-bond acceptors (Lipinski definition) is 4. The molecule has 2 heterocycles. The maximum atomic E-state index is 13.5. The van der Waals surface area contributed by atoms with E-state index >= 15 is 0 Å². The molecular weight excluding hydrogens is 440 g/mol. The van der Waals surface area contributed by atoms with Gasteiger partial charge in [0, 0.05) is 17.7 Å². The molecular formula is C28H26N4O3. The van der Waals surface area contributed by atoms with Gasteiger partial charge in [-0.3, -0.25) is 9.59 Å². The predicted molar refractivity (Wildman–Crippen MR) is 138 cm³/mol. The van der Waals surface area contributed by atoms with Crippen molar-refractivity contribution >= 4 is 39.8 Å². The zero-order valence-corrected chi connectivity index (χ0v) is 19.7. The molecule has 7 nitrogen and oxygen atoms in total. The number of benzene rings is 3. The minimum atomic E-state index is -0.342. The van der Waals surface area contributed by atoms with Crippen LogP contribution in [0.5, 0.6) is 5.75 Å². The molecule has 0 radical (unpaired) electrons. The van der Waals surface area contributed by atoms with Crippen LogP contribution in [0.1, 0.15) is 44.9 Å². The van der Waals surface area contributed by atoms with E-state index in [1.165, 1.54) is 7.11 Å². The predicted octanol–water partition coefficient (Wildman–Crippen LogP) is 5.59. The number of fused-ring (bicyclic) bond motifs is 2. The van der Waals surface area contributed by atoms with Crippen molar-refractivity contribution in [2.75, 3.05) is 23.9 Å². The fourth-order valence-electron chi connectivity index (χ4n) is 4.54. The summed E-state index contributed by atoms with van der Waals surface area (Å²) in [5.74, 6) is 0.603. The molecule has 3 aromatic carbocycles. The smallest absolute Gasteiger partial charge is 0.259 e. The van der Waals surface area contributed by atoms with Crippen LogP contribution in [0.3, 0.4) is 0 Å². The van der Waals surface area contributed by atoms with Crippen molar-refractivity contribution in [1.82, 2.24) is 9.97 Å². The molecule has 1 aliphatic heterocycles. The zero-order valence-electron chi connectivity index (χ0n) is 19.7. The number of carbonyl (C=O) groups excluding carboxylic acids is 2. The van der Waals surface area contributed by atoms with Gasteiger partial charge in [0.05, 0.1) is 29.6 Å². The topological polar surface area (TPSA) is 87.3 Å². The molecule has 0 bridgehead atoms. The van der Waals surface area contributed by atoms with Gasteiger partial charge in [0.15, 0.2) is 0 Å². The monoisotopic (exact) mass is 466 g/mol. The number of nitrogens with one attached hydrogen (secondary N) is 2. The maximum Gasteiger partial charge on any atom is 0.259 e. The van der Waals surface area contributed by atoms with Crippen molar-refractivity contribution in [3.63, 3.8) is 0 Å². The Labute approximate surface area is 203 Å². The highest BCUT2D eigenvalue weighted by atomic mass is 16.5. The molecule has 176 valence electrons. The van der Waals surface area contributed by atoms with Gasteiger partial charge >= 0.3 is 0 Å². The third-order valence-corrected chi connectivity index (χ3v) is 6.25. The van der Waals surface area contributed by atoms with Crippen LogP contribution in [-0.4, -0.2) is 35.4 Å². The van der Waals surface area contributed by atoms with E-state index < -0.39 is 0 Å². The summed E-state index contributed by atoms with van der Waals surface area (Å²) in [6.07, 6.45) is 1.67. The number of aromatic amines is 1. The highest BCUT2D eigenvalue weighted by Gasteiger charge is 2.25. The number of rotatable bonds is 4. The van der Waals surface area contributed by atoms with Gasteiger partial charge < -0.3 is 19.9 Å². The van der Waals surface area contributed by atoms with Crippen LogP contribution in [0.15, 0.2) is 67.2 Å². The van der Waals surface area contributed by atoms with Gasteiger partial charge in [0.2, 0.25) is 0 Å². The minimum absolute atomic E-state index is 0.144. The summed E-state index contributed by atoms with van der Waals surface area (Å²) in [4.78, 5) is 36.1. The summed E-state index contributed by atoms with van der Waals surface area (Å²) in [5.41, 5.74) is 5.78. The summed E-state index contributed by atoms with van der Waals surface area (Å²) >= 11 is 0. The Hall–Kier alpha value is -4.39. The first kappa shape index (κ1) is 22.4. The Balaban J connectivity index is 1.44. The summed E-state index contributed by atoms with van der Waals surface area (Å²) in [6.45, 7) is 6.64. The molecule has 1 aliphatic rings. The Morgan fingerprint density at radius 1 is 1.11 bits per heavy atom. The Bertz CT molecular complexity index is 1470. The van der Waals surface area contributed by atoms with E-state index in [2.05, 4.69) is 21.9 Å². The van der Waals surface area contributed by atoms with Crippen LogP contribution in [0.25, 0.3) is 16.6 Å². The van der Waals surface area contributed by atoms with Crippen molar-refractivity contribution in [2.24, 2.45) is 0 Å². The molecule has 2 amide bonds. The summed E-state index contributed by atoms with van der Waals surface area (Å²) in [5, 5.41) is 2.92. The summed E-state index contributed by atoms with van der Waals surface area (Å²) < 4.78 is 5.52. The average Bonchev–Trinajstić information content (AvgIpc) is 3.18. The second-order valence-electron chi connectivity index (χ2n) is 8.57. The van der Waals surface area contributed by atoms with E-state index in [1.54, 1.807) is 29.2 Å². The van der Waals surface area contributed by atoms with Gasteiger partial charge in [0.1, 0.15) is 17.1 Å². The van der Waals surface area contributed by atoms with Crippen LogP contribution in [0.4, 0.5) is 11.4 Å². The molecule has 5 rings (SSSR count). The number of anilines is 2. The quantitative estimate of drug-likeness (QED) is 0.411. The SMILES string of the molecule is C=C1CCCN(C(=O)c2ccc(C(=O)Nc3cccc4[nH]c(C)nc34)c(OC)c2)c2ccccc21. The van der Waals surface area contributed by atoms with E-state index in [0.29, 0.717) is 34.6 Å². The van der Waals surface area contributed by atoms with E-state index in [9.17, 15) is 9.59 Å². The van der Waals surface area contributed by atoms with E-state index in [0.717, 1.165) is 41.0 Å². The molecule has 4 aromatic rings. The third-order valence-electron chi connectivity index (χ3n) is 6.25. The van der Waals surface area contributed by atoms with Crippen LogP contribution in [0, 0.1) is 6.92 Å². The average molecular weight is 467 g/mol. The fraction of sp³-hybridized carbons (Fsp3) is 0.179. The van der Waals surface area contributed by atoms with Crippen LogP contribution in [0.2, 0.25) is 0 Å². The number of carbonyl (C=O) groups is 2. The molecule has 0 saturated heterocycles. The Morgan fingerprint density at radius 3 is 2.77 bits per heavy atom. The van der Waals surface area contributed by atoms with Crippen molar-refractivity contribution in [3.8, 4) is 5.75 Å². The first-order valence-electron chi connectivity index (χ1n) is 11.5. The van der Waals surface area contributed by atoms with Gasteiger partial charge in [-0.1, -0.05) is 30.8 Å². The number of nitrogens with zero attached hydrogens (tertiary/aromatic N) is 2. The van der Waals surface area contributed by atoms with Gasteiger partial charge in [-0.25, -0.2) is 4.98 Å². The molecule has 2 N–H and O–H groups in total. The number of ether oxygens (including phenoxy) is 1. The molecule has 0 spiro atoms. The first-order valence-corrected chi connectivity index (χ1v) is 11.5. The normalized spacial score (nSPS) is 13.3. The van der Waals surface area contributed by atoms with Crippen molar-refractivity contribution < 1.29 is 14.3 Å². The molecule has 0 fully saturated rings. The molecule has 0 saturated carbocycles. The highest BCUT2D eigenvalue weighted by Crippen LogP contribution is 2.34. The molecule has 0 unspecified atom stereocenters. The first-order chi connectivity index (χ1) is 17.0. The number of amides is 2. The lowest BCUT2D eigenvalue weighted by molar-refractivity contribution is 0.0982. The van der Waals surface area contributed by atoms with Gasteiger partial charge in [-0.2, -0.15) is 0 Å². The fourth-order valence-corrected chi connectivity index (χ4v) is 4.54. The van der Waals surface area contributed by atoms with Crippen LogP contribution < -0.4 is 15.0 Å². The Morgan fingerprint density at radius 2 is 1.94 bits per heavy atom. The summed E-state index contributed by atoms with van der Waals surface area (Å²) in [6, 6.07) is 18.3. The number of aryl methyl sites for hydroxylation is 1. The molecule has 35 heavy (non-hydrogen) atoms. The molecule has 0 atom stereocenters. The van der Waals surface area contributed by atoms with Crippen molar-refractivity contribution in [1.29, 1.82) is 0 Å². The molecule has 1 aromatic heterocycles. The van der Waals surface area contributed by atoms with Crippen LogP contribution in [-0.2, 0) is 0 Å². The minimum Gasteiger partial charge on any atom is -0.496 e. The standard InChI is InChI=1S/C28H26N4O3/c1-17-8-7-15-32(24-12-5-4-9-20(17)24)28(34)19-13-14-21(25(16-19)35-3)27(33)31-23-11-6-10-22-26(23)30-18(2)29-22/h4-6,9-14,16H,1,7-8,15H2,2-3H3,(H,29,30)(H,31,33).